The van der Waals surface area contributed by atoms with Gasteiger partial charge < -0.3 is 10.1 Å². The summed E-state index contributed by atoms with van der Waals surface area (Å²) in [4.78, 5) is 11.8. The molecule has 0 saturated carbocycles. The van der Waals surface area contributed by atoms with Gasteiger partial charge in [0.1, 0.15) is 5.75 Å². The number of aryl methyl sites for hydroxylation is 1. The first-order valence-corrected chi connectivity index (χ1v) is 9.54. The maximum Gasteiger partial charge on any atom is 0.257 e. The number of para-hydroxylation sites is 1. The SMILES string of the molecule is CCc1ccccc1OCC(=O)NCC[S@@](=O)Cc1ccccc1. The van der Waals surface area contributed by atoms with Crippen LogP contribution in [0.5, 0.6) is 5.75 Å². The van der Waals surface area contributed by atoms with Crippen LogP contribution in [0, 0.1) is 0 Å². The third-order valence-corrected chi connectivity index (χ3v) is 4.85. The fourth-order valence-corrected chi connectivity index (χ4v) is 3.31. The number of carbonyl (C=O) groups excluding carboxylic acids is 1. The summed E-state index contributed by atoms with van der Waals surface area (Å²) in [7, 11) is -0.988. The number of amides is 1. The van der Waals surface area contributed by atoms with E-state index in [4.69, 9.17) is 4.74 Å². The van der Waals surface area contributed by atoms with Crippen LogP contribution in [0.3, 0.4) is 0 Å². The normalized spacial score (nSPS) is 11.7. The first-order valence-electron chi connectivity index (χ1n) is 8.05. The number of hydrogen-bond acceptors (Lipinski definition) is 3. The van der Waals surface area contributed by atoms with Crippen LogP contribution in [-0.4, -0.2) is 29.0 Å². The molecule has 2 aromatic rings. The van der Waals surface area contributed by atoms with Gasteiger partial charge in [-0.3, -0.25) is 9.00 Å². The molecule has 0 saturated heterocycles. The smallest absolute Gasteiger partial charge is 0.257 e. The third-order valence-electron chi connectivity index (χ3n) is 3.53. The minimum Gasteiger partial charge on any atom is -0.483 e. The quantitative estimate of drug-likeness (QED) is 0.760. The summed E-state index contributed by atoms with van der Waals surface area (Å²) in [5, 5.41) is 2.75. The number of benzene rings is 2. The standard InChI is InChI=1S/C19H23NO3S/c1-2-17-10-6-7-11-18(17)23-14-19(21)20-12-13-24(22)15-16-8-4-3-5-9-16/h3-11H,2,12-15H2,1H3,(H,20,21)/t24-/m1/s1. The van der Waals surface area contributed by atoms with Crippen molar-refractivity contribution in [3.63, 3.8) is 0 Å². The summed E-state index contributed by atoms with van der Waals surface area (Å²) in [6.07, 6.45) is 0.857. The van der Waals surface area contributed by atoms with Gasteiger partial charge in [0.15, 0.2) is 6.61 Å². The number of ether oxygens (including phenoxy) is 1. The second kappa shape index (κ2) is 9.88. The molecule has 1 amide bonds. The van der Waals surface area contributed by atoms with Crippen LogP contribution in [0.4, 0.5) is 0 Å². The van der Waals surface area contributed by atoms with Crippen molar-refractivity contribution in [2.45, 2.75) is 19.1 Å². The zero-order valence-electron chi connectivity index (χ0n) is 13.9. The fourth-order valence-electron chi connectivity index (χ4n) is 2.27. The van der Waals surface area contributed by atoms with Gasteiger partial charge in [0.05, 0.1) is 0 Å². The lowest BCUT2D eigenvalue weighted by Gasteiger charge is -2.10. The minimum absolute atomic E-state index is 0.0255. The maximum atomic E-state index is 12.0. The summed E-state index contributed by atoms with van der Waals surface area (Å²) < 4.78 is 17.5. The summed E-state index contributed by atoms with van der Waals surface area (Å²) in [6.45, 7) is 2.41. The van der Waals surface area contributed by atoms with Gasteiger partial charge in [0.25, 0.3) is 5.91 Å². The van der Waals surface area contributed by atoms with E-state index in [1.54, 1.807) is 0 Å². The molecule has 2 aromatic carbocycles. The van der Waals surface area contributed by atoms with Crippen molar-refractivity contribution in [3.05, 3.63) is 65.7 Å². The van der Waals surface area contributed by atoms with Crippen LogP contribution in [0.1, 0.15) is 18.1 Å². The molecule has 5 heteroatoms. The Hall–Kier alpha value is -2.14. The molecule has 0 bridgehead atoms. The molecule has 1 N–H and O–H groups in total. The number of hydrogen-bond donors (Lipinski definition) is 1. The largest absolute Gasteiger partial charge is 0.483 e. The summed E-state index contributed by atoms with van der Waals surface area (Å²) in [5.41, 5.74) is 2.12. The molecule has 128 valence electrons. The second-order valence-corrected chi connectivity index (χ2v) is 6.95. The fraction of sp³-hybridized carbons (Fsp3) is 0.316. The molecule has 0 aliphatic heterocycles. The minimum atomic E-state index is -0.988. The van der Waals surface area contributed by atoms with Crippen LogP contribution in [0.2, 0.25) is 0 Å². The number of rotatable bonds is 9. The van der Waals surface area contributed by atoms with E-state index in [2.05, 4.69) is 5.32 Å². The lowest BCUT2D eigenvalue weighted by atomic mass is 10.1. The molecule has 0 aliphatic rings. The van der Waals surface area contributed by atoms with Crippen LogP contribution in [0.25, 0.3) is 0 Å². The highest BCUT2D eigenvalue weighted by molar-refractivity contribution is 7.84. The Kier molecular flexibility index (Phi) is 7.49. The van der Waals surface area contributed by atoms with Crippen LogP contribution in [-0.2, 0) is 27.8 Å². The molecule has 24 heavy (non-hydrogen) atoms. The van der Waals surface area contributed by atoms with Gasteiger partial charge in [-0.2, -0.15) is 0 Å². The van der Waals surface area contributed by atoms with E-state index in [0.717, 1.165) is 23.3 Å². The molecule has 0 spiro atoms. The van der Waals surface area contributed by atoms with E-state index < -0.39 is 10.8 Å². The first kappa shape index (κ1) is 18.2. The highest BCUT2D eigenvalue weighted by atomic mass is 32.2. The van der Waals surface area contributed by atoms with Crippen molar-refractivity contribution in [2.24, 2.45) is 0 Å². The first-order chi connectivity index (χ1) is 11.7. The van der Waals surface area contributed by atoms with Gasteiger partial charge >= 0.3 is 0 Å². The zero-order valence-corrected chi connectivity index (χ0v) is 14.7. The lowest BCUT2D eigenvalue weighted by Crippen LogP contribution is -2.32. The average molecular weight is 345 g/mol. The van der Waals surface area contributed by atoms with Gasteiger partial charge in [0, 0.05) is 28.9 Å². The van der Waals surface area contributed by atoms with Gasteiger partial charge in [-0.15, -0.1) is 0 Å². The van der Waals surface area contributed by atoms with Gasteiger partial charge in [-0.05, 0) is 23.6 Å². The van der Waals surface area contributed by atoms with Crippen molar-refractivity contribution in [3.8, 4) is 5.75 Å². The molecule has 0 fully saturated rings. The Morgan fingerprint density at radius 2 is 1.79 bits per heavy atom. The molecule has 0 heterocycles. The van der Waals surface area contributed by atoms with E-state index >= 15 is 0 Å². The third kappa shape index (κ3) is 6.16. The van der Waals surface area contributed by atoms with Crippen molar-refractivity contribution in [2.75, 3.05) is 18.9 Å². The predicted molar refractivity (Wildman–Crippen MR) is 97.5 cm³/mol. The molecule has 2 rings (SSSR count). The molecule has 0 aromatic heterocycles. The van der Waals surface area contributed by atoms with Crippen molar-refractivity contribution in [1.82, 2.24) is 5.32 Å². The molecule has 0 aliphatic carbocycles. The predicted octanol–water partition coefficient (Wildman–Crippen LogP) is 2.69. The number of nitrogens with one attached hydrogen (secondary N) is 1. The van der Waals surface area contributed by atoms with E-state index in [1.165, 1.54) is 0 Å². The Labute approximate surface area is 145 Å². The number of carbonyl (C=O) groups is 1. The summed E-state index contributed by atoms with van der Waals surface area (Å²) in [6, 6.07) is 17.4. The molecule has 4 nitrogen and oxygen atoms in total. The Balaban J connectivity index is 1.67. The Morgan fingerprint density at radius 3 is 2.54 bits per heavy atom. The van der Waals surface area contributed by atoms with E-state index in [0.29, 0.717) is 18.1 Å². The van der Waals surface area contributed by atoms with Crippen LogP contribution < -0.4 is 10.1 Å². The average Bonchev–Trinajstić information content (AvgIpc) is 2.61. The highest BCUT2D eigenvalue weighted by Crippen LogP contribution is 2.17. The molecular weight excluding hydrogens is 322 g/mol. The molecule has 0 unspecified atom stereocenters. The second-order valence-electron chi connectivity index (χ2n) is 5.37. The van der Waals surface area contributed by atoms with Gasteiger partial charge in [0.2, 0.25) is 0 Å². The van der Waals surface area contributed by atoms with Crippen LogP contribution in [0.15, 0.2) is 54.6 Å². The van der Waals surface area contributed by atoms with Crippen molar-refractivity contribution < 1.29 is 13.7 Å². The Morgan fingerprint density at radius 1 is 1.08 bits per heavy atom. The maximum absolute atomic E-state index is 12.0. The molecule has 0 radical (unpaired) electrons. The summed E-state index contributed by atoms with van der Waals surface area (Å²) >= 11 is 0. The molecule has 1 atom stereocenters. The van der Waals surface area contributed by atoms with Gasteiger partial charge in [-0.25, -0.2) is 0 Å². The van der Waals surface area contributed by atoms with Crippen molar-refractivity contribution >= 4 is 16.7 Å². The zero-order chi connectivity index (χ0) is 17.2. The van der Waals surface area contributed by atoms with E-state index in [9.17, 15) is 9.00 Å². The lowest BCUT2D eigenvalue weighted by molar-refractivity contribution is -0.122. The summed E-state index contributed by atoms with van der Waals surface area (Å²) in [5.74, 6) is 1.49. The highest BCUT2D eigenvalue weighted by Gasteiger charge is 2.07. The Bertz CT molecular complexity index is 673. The van der Waals surface area contributed by atoms with E-state index in [1.807, 2.05) is 61.5 Å². The van der Waals surface area contributed by atoms with E-state index in [-0.39, 0.29) is 12.5 Å². The van der Waals surface area contributed by atoms with Crippen LogP contribution >= 0.6 is 0 Å². The van der Waals surface area contributed by atoms with Gasteiger partial charge in [-0.1, -0.05) is 55.5 Å². The molecular formula is C19H23NO3S. The van der Waals surface area contributed by atoms with Crippen molar-refractivity contribution in [1.29, 1.82) is 0 Å². The topological polar surface area (TPSA) is 55.4 Å². The monoisotopic (exact) mass is 345 g/mol.